The molecule has 0 saturated heterocycles. The molecule has 0 spiro atoms. The lowest BCUT2D eigenvalue weighted by molar-refractivity contribution is 0.415. The number of nitrogens with zero attached hydrogens (tertiary/aromatic N) is 1. The van der Waals surface area contributed by atoms with E-state index in [9.17, 15) is 9.50 Å². The zero-order chi connectivity index (χ0) is 13.4. The van der Waals surface area contributed by atoms with Crippen LogP contribution in [0.15, 0.2) is 36.4 Å². The van der Waals surface area contributed by atoms with Crippen LogP contribution in [0.25, 0.3) is 20.8 Å². The Kier molecular flexibility index (Phi) is 2.83. The van der Waals surface area contributed by atoms with Crippen LogP contribution in [0.4, 0.5) is 4.39 Å². The van der Waals surface area contributed by atoms with Crippen molar-refractivity contribution in [3.63, 3.8) is 0 Å². The van der Waals surface area contributed by atoms with Gasteiger partial charge >= 0.3 is 0 Å². The predicted octanol–water partition coefficient (Wildman–Crippen LogP) is 3.82. The molecular weight excluding hydrogens is 265 g/mol. The number of benzene rings is 2. The minimum absolute atomic E-state index is 0.0935. The Morgan fingerprint density at radius 2 is 2.05 bits per heavy atom. The van der Waals surface area contributed by atoms with Gasteiger partial charge in [-0.05, 0) is 30.3 Å². The molecule has 0 saturated carbocycles. The highest BCUT2D eigenvalue weighted by atomic mass is 32.1. The normalized spacial score (nSPS) is 10.8. The summed E-state index contributed by atoms with van der Waals surface area (Å²) in [5.74, 6) is 0.170. The van der Waals surface area contributed by atoms with Gasteiger partial charge in [0.05, 0.1) is 17.3 Å². The molecule has 0 radical (unpaired) electrons. The van der Waals surface area contributed by atoms with Crippen LogP contribution >= 0.6 is 11.3 Å². The van der Waals surface area contributed by atoms with Gasteiger partial charge in [-0.1, -0.05) is 0 Å². The average Bonchev–Trinajstić information content (AvgIpc) is 2.80. The van der Waals surface area contributed by atoms with E-state index in [1.54, 1.807) is 7.11 Å². The van der Waals surface area contributed by atoms with E-state index in [0.29, 0.717) is 10.6 Å². The summed E-state index contributed by atoms with van der Waals surface area (Å²) < 4.78 is 19.9. The van der Waals surface area contributed by atoms with Crippen molar-refractivity contribution in [3.05, 3.63) is 42.2 Å². The van der Waals surface area contributed by atoms with Crippen LogP contribution in [0, 0.1) is 5.82 Å². The molecule has 3 nitrogen and oxygen atoms in total. The molecule has 0 amide bonds. The molecule has 0 fully saturated rings. The van der Waals surface area contributed by atoms with E-state index in [-0.39, 0.29) is 5.75 Å². The molecule has 0 aliphatic heterocycles. The quantitative estimate of drug-likeness (QED) is 0.773. The van der Waals surface area contributed by atoms with Crippen molar-refractivity contribution in [1.29, 1.82) is 0 Å². The fraction of sp³-hybridized carbons (Fsp3) is 0.0714. The van der Waals surface area contributed by atoms with Crippen molar-refractivity contribution >= 4 is 21.6 Å². The van der Waals surface area contributed by atoms with Crippen molar-refractivity contribution in [2.45, 2.75) is 0 Å². The second-order valence-electron chi connectivity index (χ2n) is 4.02. The lowest BCUT2D eigenvalue weighted by Gasteiger charge is -1.98. The highest BCUT2D eigenvalue weighted by Gasteiger charge is 2.11. The van der Waals surface area contributed by atoms with Crippen molar-refractivity contribution < 1.29 is 14.2 Å². The Morgan fingerprint density at radius 1 is 1.21 bits per heavy atom. The van der Waals surface area contributed by atoms with Gasteiger partial charge in [0.15, 0.2) is 0 Å². The highest BCUT2D eigenvalue weighted by Crippen LogP contribution is 2.34. The molecule has 2 aromatic carbocycles. The number of hydrogen-bond donors (Lipinski definition) is 1. The minimum atomic E-state index is -0.481. The Balaban J connectivity index is 2.14. The number of hydrogen-bond acceptors (Lipinski definition) is 4. The number of rotatable bonds is 2. The summed E-state index contributed by atoms with van der Waals surface area (Å²) in [6, 6.07) is 9.59. The second-order valence-corrected chi connectivity index (χ2v) is 5.05. The monoisotopic (exact) mass is 275 g/mol. The molecule has 3 aromatic rings. The molecular formula is C14H10FNO2S. The van der Waals surface area contributed by atoms with Gasteiger partial charge < -0.3 is 9.84 Å². The van der Waals surface area contributed by atoms with Gasteiger partial charge in [-0.3, -0.25) is 0 Å². The van der Waals surface area contributed by atoms with E-state index in [0.717, 1.165) is 22.0 Å². The van der Waals surface area contributed by atoms with Crippen molar-refractivity contribution in [2.75, 3.05) is 7.11 Å². The van der Waals surface area contributed by atoms with E-state index in [2.05, 4.69) is 4.98 Å². The van der Waals surface area contributed by atoms with Gasteiger partial charge in [0, 0.05) is 11.6 Å². The third-order valence-electron chi connectivity index (χ3n) is 2.78. The summed E-state index contributed by atoms with van der Waals surface area (Å²) in [5, 5.41) is 9.80. The average molecular weight is 275 g/mol. The molecule has 1 aromatic heterocycles. The highest BCUT2D eigenvalue weighted by molar-refractivity contribution is 7.21. The number of fused-ring (bicyclic) bond motifs is 1. The summed E-state index contributed by atoms with van der Waals surface area (Å²) >= 11 is 1.39. The summed E-state index contributed by atoms with van der Waals surface area (Å²) in [5.41, 5.74) is 1.19. The number of halogens is 1. The van der Waals surface area contributed by atoms with Crippen LogP contribution in [-0.2, 0) is 0 Å². The number of phenols is 1. The molecule has 1 heterocycles. The maximum Gasteiger partial charge on any atom is 0.137 e. The molecule has 0 aliphatic carbocycles. The fourth-order valence-corrected chi connectivity index (χ4v) is 2.85. The van der Waals surface area contributed by atoms with Crippen LogP contribution in [-0.4, -0.2) is 17.2 Å². The van der Waals surface area contributed by atoms with Crippen LogP contribution in [0.1, 0.15) is 0 Å². The fourth-order valence-electron chi connectivity index (χ4n) is 1.82. The van der Waals surface area contributed by atoms with E-state index >= 15 is 0 Å². The number of methoxy groups -OCH3 is 1. The van der Waals surface area contributed by atoms with Crippen LogP contribution in [0.5, 0.6) is 11.5 Å². The van der Waals surface area contributed by atoms with Gasteiger partial charge in [-0.25, -0.2) is 9.37 Å². The molecule has 5 heteroatoms. The third-order valence-corrected chi connectivity index (χ3v) is 3.83. The third kappa shape index (κ3) is 2.13. The van der Waals surface area contributed by atoms with E-state index < -0.39 is 5.82 Å². The summed E-state index contributed by atoms with van der Waals surface area (Å²) in [6.07, 6.45) is 0. The minimum Gasteiger partial charge on any atom is -0.508 e. The van der Waals surface area contributed by atoms with E-state index in [1.807, 2.05) is 18.2 Å². The summed E-state index contributed by atoms with van der Waals surface area (Å²) in [7, 11) is 1.60. The number of aromatic hydroxyl groups is 1. The molecule has 96 valence electrons. The first kappa shape index (κ1) is 11.9. The lowest BCUT2D eigenvalue weighted by Crippen LogP contribution is -1.82. The molecule has 0 atom stereocenters. The predicted molar refractivity (Wildman–Crippen MR) is 73.2 cm³/mol. The van der Waals surface area contributed by atoms with Crippen LogP contribution < -0.4 is 4.74 Å². The van der Waals surface area contributed by atoms with Gasteiger partial charge in [0.25, 0.3) is 0 Å². The number of ether oxygens (including phenoxy) is 1. The van der Waals surface area contributed by atoms with Gasteiger partial charge in [-0.2, -0.15) is 0 Å². The molecule has 1 N–H and O–H groups in total. The first-order valence-electron chi connectivity index (χ1n) is 5.61. The second kappa shape index (κ2) is 4.51. The van der Waals surface area contributed by atoms with Gasteiger partial charge in [0.1, 0.15) is 22.3 Å². The SMILES string of the molecule is COc1ccc2nc(-c3ccc(O)cc3F)sc2c1. The Hall–Kier alpha value is -2.14. The van der Waals surface area contributed by atoms with Gasteiger partial charge in [0.2, 0.25) is 0 Å². The number of thiazole rings is 1. The zero-order valence-electron chi connectivity index (χ0n) is 10.1. The number of aromatic nitrogens is 1. The summed E-state index contributed by atoms with van der Waals surface area (Å²) in [4.78, 5) is 4.39. The zero-order valence-corrected chi connectivity index (χ0v) is 10.9. The molecule has 3 rings (SSSR count). The van der Waals surface area contributed by atoms with Gasteiger partial charge in [-0.15, -0.1) is 11.3 Å². The Labute approximate surface area is 112 Å². The van der Waals surface area contributed by atoms with Crippen molar-refractivity contribution in [2.24, 2.45) is 0 Å². The van der Waals surface area contributed by atoms with E-state index in [1.165, 1.54) is 23.5 Å². The van der Waals surface area contributed by atoms with Crippen molar-refractivity contribution in [1.82, 2.24) is 4.98 Å². The summed E-state index contributed by atoms with van der Waals surface area (Å²) in [6.45, 7) is 0. The largest absolute Gasteiger partial charge is 0.508 e. The molecule has 0 bridgehead atoms. The maximum absolute atomic E-state index is 13.8. The number of phenolic OH excluding ortho intramolecular Hbond substituents is 1. The first-order valence-corrected chi connectivity index (χ1v) is 6.42. The van der Waals surface area contributed by atoms with E-state index in [4.69, 9.17) is 4.74 Å². The molecule has 0 aliphatic rings. The topological polar surface area (TPSA) is 42.4 Å². The Bertz CT molecular complexity index is 754. The van der Waals surface area contributed by atoms with Crippen LogP contribution in [0.2, 0.25) is 0 Å². The Morgan fingerprint density at radius 3 is 2.79 bits per heavy atom. The first-order chi connectivity index (χ1) is 9.17. The van der Waals surface area contributed by atoms with Crippen molar-refractivity contribution in [3.8, 4) is 22.1 Å². The lowest BCUT2D eigenvalue weighted by atomic mass is 10.2. The smallest absolute Gasteiger partial charge is 0.137 e. The standard InChI is InChI=1S/C14H10FNO2S/c1-18-9-3-5-12-13(7-9)19-14(16-12)10-4-2-8(17)6-11(10)15/h2-7,17H,1H3. The molecule has 0 unspecified atom stereocenters. The van der Waals surface area contributed by atoms with Crippen LogP contribution in [0.3, 0.4) is 0 Å². The molecule has 19 heavy (non-hydrogen) atoms. The maximum atomic E-state index is 13.8.